The first-order chi connectivity index (χ1) is 7.89. The Bertz CT molecular complexity index is 396. The van der Waals surface area contributed by atoms with Crippen molar-refractivity contribution < 1.29 is 14.6 Å². The Kier molecular flexibility index (Phi) is 4.32. The zero-order valence-electron chi connectivity index (χ0n) is 10.4. The predicted octanol–water partition coefficient (Wildman–Crippen LogP) is 3.00. The predicted molar refractivity (Wildman–Crippen MR) is 67.4 cm³/mol. The summed E-state index contributed by atoms with van der Waals surface area (Å²) in [5.41, 5.74) is 1.37. The quantitative estimate of drug-likeness (QED) is 0.814. The minimum atomic E-state index is -0.961. The van der Waals surface area contributed by atoms with E-state index in [9.17, 15) is 4.79 Å². The van der Waals surface area contributed by atoms with Gasteiger partial charge in [-0.15, -0.1) is 0 Å². The second-order valence-corrected chi connectivity index (χ2v) is 4.83. The van der Waals surface area contributed by atoms with Gasteiger partial charge < -0.3 is 9.84 Å². The fourth-order valence-electron chi connectivity index (χ4n) is 1.34. The van der Waals surface area contributed by atoms with E-state index in [1.54, 1.807) is 0 Å². The van der Waals surface area contributed by atoms with E-state index >= 15 is 0 Å². The van der Waals surface area contributed by atoms with E-state index in [0.29, 0.717) is 0 Å². The normalized spacial score (nSPS) is 11.7. The van der Waals surface area contributed by atoms with Gasteiger partial charge in [0.2, 0.25) is 0 Å². The summed E-state index contributed by atoms with van der Waals surface area (Å²) in [6.45, 7) is 6.72. The van der Waals surface area contributed by atoms with E-state index < -0.39 is 5.97 Å². The van der Waals surface area contributed by atoms with Crippen LogP contribution >= 0.6 is 0 Å². The van der Waals surface area contributed by atoms with Gasteiger partial charge in [0, 0.05) is 6.08 Å². The van der Waals surface area contributed by atoms with E-state index in [-0.39, 0.29) is 12.0 Å². The van der Waals surface area contributed by atoms with Crippen LogP contribution < -0.4 is 4.74 Å². The van der Waals surface area contributed by atoms with Gasteiger partial charge in [-0.05, 0) is 29.2 Å². The van der Waals surface area contributed by atoms with Gasteiger partial charge in [0.15, 0.2) is 0 Å². The molecule has 1 N–H and O–H groups in total. The van der Waals surface area contributed by atoms with Crippen molar-refractivity contribution in [2.45, 2.75) is 26.2 Å². The number of carboxylic acids is 1. The molecule has 0 aliphatic heterocycles. The van der Waals surface area contributed by atoms with Crippen molar-refractivity contribution in [1.29, 1.82) is 0 Å². The van der Waals surface area contributed by atoms with Crippen LogP contribution in [0.5, 0.6) is 5.75 Å². The van der Waals surface area contributed by atoms with Crippen LogP contribution in [0.15, 0.2) is 36.4 Å². The second-order valence-electron chi connectivity index (χ2n) is 4.83. The van der Waals surface area contributed by atoms with Crippen molar-refractivity contribution in [2.75, 3.05) is 6.61 Å². The molecule has 0 unspecified atom stereocenters. The second kappa shape index (κ2) is 5.53. The van der Waals surface area contributed by atoms with E-state index in [4.69, 9.17) is 9.84 Å². The maximum Gasteiger partial charge on any atom is 0.328 e. The Labute approximate surface area is 102 Å². The van der Waals surface area contributed by atoms with E-state index in [0.717, 1.165) is 11.8 Å². The van der Waals surface area contributed by atoms with Crippen LogP contribution in [0.25, 0.3) is 0 Å². The molecule has 17 heavy (non-hydrogen) atoms. The summed E-state index contributed by atoms with van der Waals surface area (Å²) in [5, 5.41) is 8.39. The third-order valence-electron chi connectivity index (χ3n) is 2.33. The maximum absolute atomic E-state index is 10.2. The summed E-state index contributed by atoms with van der Waals surface area (Å²) < 4.78 is 5.37. The molecule has 0 heterocycles. The fraction of sp³-hybridized carbons (Fsp3) is 0.357. The molecule has 0 saturated heterocycles. The fourth-order valence-corrected chi connectivity index (χ4v) is 1.34. The average Bonchev–Trinajstić information content (AvgIpc) is 2.23. The van der Waals surface area contributed by atoms with Gasteiger partial charge in [0.05, 0.1) is 0 Å². The largest absolute Gasteiger partial charge is 0.490 e. The molecule has 0 bridgehead atoms. The molecule has 0 amide bonds. The first kappa shape index (κ1) is 13.3. The van der Waals surface area contributed by atoms with E-state index in [2.05, 4.69) is 20.8 Å². The summed E-state index contributed by atoms with van der Waals surface area (Å²) in [6, 6.07) is 7.84. The van der Waals surface area contributed by atoms with Crippen molar-refractivity contribution in [3.63, 3.8) is 0 Å². The number of benzene rings is 1. The van der Waals surface area contributed by atoms with E-state index in [1.165, 1.54) is 11.6 Å². The highest BCUT2D eigenvalue weighted by molar-refractivity contribution is 5.79. The number of hydrogen-bond acceptors (Lipinski definition) is 2. The first-order valence-corrected chi connectivity index (χ1v) is 5.52. The van der Waals surface area contributed by atoms with Crippen LogP contribution in [0, 0.1) is 0 Å². The molecule has 0 fully saturated rings. The molecule has 0 atom stereocenters. The summed E-state index contributed by atoms with van der Waals surface area (Å²) in [7, 11) is 0. The lowest BCUT2D eigenvalue weighted by Gasteiger charge is -2.19. The zero-order chi connectivity index (χ0) is 12.9. The van der Waals surface area contributed by atoms with Crippen LogP contribution in [0.4, 0.5) is 0 Å². The van der Waals surface area contributed by atoms with Gasteiger partial charge >= 0.3 is 5.97 Å². The molecular formula is C14H18O3. The van der Waals surface area contributed by atoms with Crippen molar-refractivity contribution in [3.8, 4) is 5.75 Å². The van der Waals surface area contributed by atoms with Crippen molar-refractivity contribution in [3.05, 3.63) is 42.0 Å². The molecule has 0 saturated carbocycles. The van der Waals surface area contributed by atoms with Gasteiger partial charge in [-0.25, -0.2) is 4.79 Å². The number of hydrogen-bond donors (Lipinski definition) is 1. The number of aliphatic carboxylic acids is 1. The molecule has 0 radical (unpaired) electrons. The van der Waals surface area contributed by atoms with Crippen LogP contribution in [0.2, 0.25) is 0 Å². The SMILES string of the molecule is CC(C)(C)c1ccc(OC/C=C/C(=O)O)cc1. The standard InChI is InChI=1S/C14H18O3/c1-14(2,3)11-6-8-12(9-7-11)17-10-4-5-13(15)16/h4-9H,10H2,1-3H3,(H,15,16)/b5-4+. The number of ether oxygens (including phenoxy) is 1. The molecule has 1 aromatic rings. The Balaban J connectivity index is 2.55. The molecule has 0 aromatic heterocycles. The molecule has 3 heteroatoms. The third kappa shape index (κ3) is 4.72. The van der Waals surface area contributed by atoms with Gasteiger partial charge in [-0.1, -0.05) is 32.9 Å². The highest BCUT2D eigenvalue weighted by atomic mass is 16.5. The van der Waals surface area contributed by atoms with Crippen molar-refractivity contribution in [2.24, 2.45) is 0 Å². The minimum Gasteiger partial charge on any atom is -0.490 e. The monoisotopic (exact) mass is 234 g/mol. The molecule has 0 spiro atoms. The first-order valence-electron chi connectivity index (χ1n) is 5.52. The lowest BCUT2D eigenvalue weighted by molar-refractivity contribution is -0.131. The summed E-state index contributed by atoms with van der Waals surface area (Å²) in [4.78, 5) is 10.2. The van der Waals surface area contributed by atoms with E-state index in [1.807, 2.05) is 24.3 Å². The summed E-state index contributed by atoms with van der Waals surface area (Å²) in [5.74, 6) is -0.218. The summed E-state index contributed by atoms with van der Waals surface area (Å²) in [6.07, 6.45) is 2.55. The maximum atomic E-state index is 10.2. The van der Waals surface area contributed by atoms with Gasteiger partial charge in [0.1, 0.15) is 12.4 Å². The molecular weight excluding hydrogens is 216 g/mol. The van der Waals surface area contributed by atoms with Crippen molar-refractivity contribution in [1.82, 2.24) is 0 Å². The average molecular weight is 234 g/mol. The van der Waals surface area contributed by atoms with Crippen LogP contribution in [-0.4, -0.2) is 17.7 Å². The van der Waals surface area contributed by atoms with Gasteiger partial charge in [-0.2, -0.15) is 0 Å². The highest BCUT2D eigenvalue weighted by Gasteiger charge is 2.12. The van der Waals surface area contributed by atoms with Crippen molar-refractivity contribution >= 4 is 5.97 Å². The van der Waals surface area contributed by atoms with Crippen LogP contribution in [0.1, 0.15) is 26.3 Å². The topological polar surface area (TPSA) is 46.5 Å². The molecule has 3 nitrogen and oxygen atoms in total. The molecule has 1 rings (SSSR count). The molecule has 0 aliphatic carbocycles. The third-order valence-corrected chi connectivity index (χ3v) is 2.33. The molecule has 0 aliphatic rings. The highest BCUT2D eigenvalue weighted by Crippen LogP contribution is 2.24. The molecule has 92 valence electrons. The number of carbonyl (C=O) groups is 1. The Morgan fingerprint density at radius 2 is 1.88 bits per heavy atom. The van der Waals surface area contributed by atoms with Gasteiger partial charge in [-0.3, -0.25) is 0 Å². The van der Waals surface area contributed by atoms with Gasteiger partial charge in [0.25, 0.3) is 0 Å². The minimum absolute atomic E-state index is 0.127. The molecule has 1 aromatic carbocycles. The lowest BCUT2D eigenvalue weighted by Crippen LogP contribution is -2.10. The Morgan fingerprint density at radius 3 is 2.35 bits per heavy atom. The van der Waals surface area contributed by atoms with Crippen LogP contribution in [0.3, 0.4) is 0 Å². The Morgan fingerprint density at radius 1 is 1.29 bits per heavy atom. The summed E-state index contributed by atoms with van der Waals surface area (Å²) >= 11 is 0. The zero-order valence-corrected chi connectivity index (χ0v) is 10.4. The smallest absolute Gasteiger partial charge is 0.328 e. The van der Waals surface area contributed by atoms with Crippen LogP contribution in [-0.2, 0) is 10.2 Å². The lowest BCUT2D eigenvalue weighted by atomic mass is 9.87. The number of carboxylic acid groups (broad SMARTS) is 1. The Hall–Kier alpha value is -1.77. The number of rotatable bonds is 4.